The van der Waals surface area contributed by atoms with Crippen LogP contribution < -0.4 is 5.32 Å². The summed E-state index contributed by atoms with van der Waals surface area (Å²) in [4.78, 5) is 3.88. The normalized spacial score (nSPS) is 12.0. The molecule has 4 nitrogen and oxygen atoms in total. The quantitative estimate of drug-likeness (QED) is 0.735. The molecule has 1 heterocycles. The fraction of sp³-hybridized carbons (Fsp3) is 0.400. The van der Waals surface area contributed by atoms with Gasteiger partial charge in [0, 0.05) is 42.1 Å². The van der Waals surface area contributed by atoms with E-state index in [-0.39, 0.29) is 0 Å². The third kappa shape index (κ3) is 4.68. The Balaban J connectivity index is 2.38. The van der Waals surface area contributed by atoms with Gasteiger partial charge < -0.3 is 5.32 Å². The van der Waals surface area contributed by atoms with E-state index in [1.165, 1.54) is 0 Å². The molecule has 5 heteroatoms. The van der Waals surface area contributed by atoms with Crippen LogP contribution in [-0.2, 0) is 17.3 Å². The number of rotatable bonds is 5. The third-order valence-electron chi connectivity index (χ3n) is 1.83. The third-order valence-corrected chi connectivity index (χ3v) is 2.61. The van der Waals surface area contributed by atoms with Crippen LogP contribution in [0, 0.1) is 11.3 Å². The summed E-state index contributed by atoms with van der Waals surface area (Å²) >= 11 is 0. The van der Waals surface area contributed by atoms with Gasteiger partial charge in [-0.15, -0.1) is 0 Å². The summed E-state index contributed by atoms with van der Waals surface area (Å²) in [5.74, 6) is 0.649. The minimum atomic E-state index is -0.757. The summed E-state index contributed by atoms with van der Waals surface area (Å²) in [6.45, 7) is 1.39. The first kappa shape index (κ1) is 11.8. The summed E-state index contributed by atoms with van der Waals surface area (Å²) < 4.78 is 10.8. The van der Waals surface area contributed by atoms with Gasteiger partial charge in [-0.05, 0) is 17.7 Å². The van der Waals surface area contributed by atoms with E-state index in [2.05, 4.69) is 10.3 Å². The summed E-state index contributed by atoms with van der Waals surface area (Å²) in [6, 6.07) is 5.59. The van der Waals surface area contributed by atoms with Crippen LogP contribution in [0.3, 0.4) is 0 Å². The number of nitrogens with zero attached hydrogens (tertiary/aromatic N) is 2. The highest BCUT2D eigenvalue weighted by molar-refractivity contribution is 7.84. The average Bonchev–Trinajstić information content (AvgIpc) is 2.24. The van der Waals surface area contributed by atoms with E-state index < -0.39 is 10.8 Å². The number of pyridine rings is 1. The molecule has 0 spiro atoms. The zero-order valence-electron chi connectivity index (χ0n) is 8.56. The van der Waals surface area contributed by atoms with E-state index in [0.717, 1.165) is 5.56 Å². The molecule has 1 N–H and O–H groups in total. The highest BCUT2D eigenvalue weighted by atomic mass is 32.2. The average molecular weight is 223 g/mol. The predicted octanol–water partition coefficient (Wildman–Crippen LogP) is 0.421. The van der Waals surface area contributed by atoms with E-state index in [4.69, 9.17) is 5.26 Å². The van der Waals surface area contributed by atoms with Gasteiger partial charge in [0.1, 0.15) is 11.8 Å². The molecule has 0 saturated heterocycles. The molecule has 1 aromatic heterocycles. The van der Waals surface area contributed by atoms with Crippen molar-refractivity contribution in [2.45, 2.75) is 6.54 Å². The SMILES string of the molecule is CS(=O)CCNCc1ccnc(C#N)c1. The number of hydrogen-bond donors (Lipinski definition) is 1. The van der Waals surface area contributed by atoms with Crippen LogP contribution in [0.5, 0.6) is 0 Å². The predicted molar refractivity (Wildman–Crippen MR) is 59.6 cm³/mol. The maximum atomic E-state index is 10.8. The zero-order valence-corrected chi connectivity index (χ0v) is 9.38. The van der Waals surface area contributed by atoms with Crippen molar-refractivity contribution in [3.63, 3.8) is 0 Å². The summed E-state index contributed by atoms with van der Waals surface area (Å²) in [7, 11) is -0.757. The van der Waals surface area contributed by atoms with Crippen LogP contribution >= 0.6 is 0 Å². The smallest absolute Gasteiger partial charge is 0.140 e. The number of nitrogens with one attached hydrogen (secondary N) is 1. The van der Waals surface area contributed by atoms with E-state index in [1.807, 2.05) is 12.1 Å². The van der Waals surface area contributed by atoms with E-state index in [1.54, 1.807) is 18.5 Å². The molecule has 0 saturated carbocycles. The van der Waals surface area contributed by atoms with Gasteiger partial charge in [0.2, 0.25) is 0 Å². The van der Waals surface area contributed by atoms with Gasteiger partial charge in [0.25, 0.3) is 0 Å². The maximum absolute atomic E-state index is 10.8. The van der Waals surface area contributed by atoms with Crippen molar-refractivity contribution in [1.29, 1.82) is 5.26 Å². The first-order valence-corrected chi connectivity index (χ1v) is 6.31. The Morgan fingerprint density at radius 1 is 1.67 bits per heavy atom. The first-order chi connectivity index (χ1) is 7.22. The lowest BCUT2D eigenvalue weighted by Crippen LogP contribution is -2.19. The largest absolute Gasteiger partial charge is 0.312 e. The second kappa shape index (κ2) is 6.27. The van der Waals surface area contributed by atoms with Gasteiger partial charge in [0.15, 0.2) is 0 Å². The fourth-order valence-electron chi connectivity index (χ4n) is 1.09. The summed E-state index contributed by atoms with van der Waals surface area (Å²) in [5, 5.41) is 11.8. The van der Waals surface area contributed by atoms with Crippen LogP contribution in [-0.4, -0.2) is 27.7 Å². The second-order valence-corrected chi connectivity index (χ2v) is 4.67. The Kier molecular flexibility index (Phi) is 4.95. The number of nitriles is 1. The Morgan fingerprint density at radius 3 is 3.13 bits per heavy atom. The fourth-order valence-corrected chi connectivity index (χ4v) is 1.53. The molecule has 15 heavy (non-hydrogen) atoms. The van der Waals surface area contributed by atoms with Crippen LogP contribution in [0.1, 0.15) is 11.3 Å². The lowest BCUT2D eigenvalue weighted by Gasteiger charge is -2.03. The van der Waals surface area contributed by atoms with Crippen LogP contribution in [0.4, 0.5) is 0 Å². The van der Waals surface area contributed by atoms with Crippen LogP contribution in [0.25, 0.3) is 0 Å². The van der Waals surface area contributed by atoms with E-state index in [0.29, 0.717) is 24.5 Å². The van der Waals surface area contributed by atoms with Gasteiger partial charge in [-0.2, -0.15) is 5.26 Å². The number of hydrogen-bond acceptors (Lipinski definition) is 4. The Labute approximate surface area is 91.8 Å². The minimum Gasteiger partial charge on any atom is -0.312 e. The van der Waals surface area contributed by atoms with Gasteiger partial charge in [-0.25, -0.2) is 4.98 Å². The Hall–Kier alpha value is -1.25. The minimum absolute atomic E-state index is 0.424. The molecule has 80 valence electrons. The molecular weight excluding hydrogens is 210 g/mol. The van der Waals surface area contributed by atoms with E-state index >= 15 is 0 Å². The van der Waals surface area contributed by atoms with Crippen molar-refractivity contribution in [2.75, 3.05) is 18.6 Å². The molecular formula is C10H13N3OS. The lowest BCUT2D eigenvalue weighted by molar-refractivity contribution is 0.676. The van der Waals surface area contributed by atoms with Crippen molar-refractivity contribution in [3.05, 3.63) is 29.6 Å². The monoisotopic (exact) mass is 223 g/mol. The summed E-state index contributed by atoms with van der Waals surface area (Å²) in [6.07, 6.45) is 3.30. The van der Waals surface area contributed by atoms with Gasteiger partial charge >= 0.3 is 0 Å². The van der Waals surface area contributed by atoms with Crippen LogP contribution in [0.2, 0.25) is 0 Å². The molecule has 0 radical (unpaired) electrons. The highest BCUT2D eigenvalue weighted by Crippen LogP contribution is 1.99. The first-order valence-electron chi connectivity index (χ1n) is 4.58. The molecule has 0 fully saturated rings. The lowest BCUT2D eigenvalue weighted by atomic mass is 10.2. The topological polar surface area (TPSA) is 65.8 Å². The molecule has 1 aromatic rings. The van der Waals surface area contributed by atoms with Crippen molar-refractivity contribution in [1.82, 2.24) is 10.3 Å². The second-order valence-electron chi connectivity index (χ2n) is 3.12. The standard InChI is InChI=1S/C10H13N3OS/c1-15(14)5-4-12-8-9-2-3-13-10(6-9)7-11/h2-3,6,12H,4-5,8H2,1H3. The molecule has 0 aliphatic carbocycles. The Bertz CT molecular complexity index is 386. The van der Waals surface area contributed by atoms with E-state index in [9.17, 15) is 4.21 Å². The molecule has 0 aliphatic rings. The van der Waals surface area contributed by atoms with Crippen LogP contribution in [0.15, 0.2) is 18.3 Å². The number of aromatic nitrogens is 1. The zero-order chi connectivity index (χ0) is 11.1. The highest BCUT2D eigenvalue weighted by Gasteiger charge is 1.96. The van der Waals surface area contributed by atoms with Crippen molar-refractivity contribution >= 4 is 10.8 Å². The Morgan fingerprint density at radius 2 is 2.47 bits per heavy atom. The molecule has 0 aromatic carbocycles. The van der Waals surface area contributed by atoms with Gasteiger partial charge in [-0.1, -0.05) is 0 Å². The molecule has 1 rings (SSSR count). The van der Waals surface area contributed by atoms with Crippen molar-refractivity contribution < 1.29 is 4.21 Å². The van der Waals surface area contributed by atoms with Gasteiger partial charge in [0.05, 0.1) is 0 Å². The van der Waals surface area contributed by atoms with Gasteiger partial charge in [-0.3, -0.25) is 4.21 Å². The molecule has 0 aliphatic heterocycles. The molecule has 1 unspecified atom stereocenters. The van der Waals surface area contributed by atoms with Crippen molar-refractivity contribution in [2.24, 2.45) is 0 Å². The molecule has 1 atom stereocenters. The summed E-state index contributed by atoms with van der Waals surface area (Å²) in [5.41, 5.74) is 1.44. The maximum Gasteiger partial charge on any atom is 0.140 e. The van der Waals surface area contributed by atoms with Crippen molar-refractivity contribution in [3.8, 4) is 6.07 Å². The molecule has 0 bridgehead atoms. The molecule has 0 amide bonds.